The van der Waals surface area contributed by atoms with E-state index in [2.05, 4.69) is 5.32 Å². The van der Waals surface area contributed by atoms with Gasteiger partial charge < -0.3 is 5.32 Å². The highest BCUT2D eigenvalue weighted by atomic mass is 32.2. The minimum Gasteiger partial charge on any atom is -0.322 e. The molecule has 10 heteroatoms. The van der Waals surface area contributed by atoms with E-state index in [9.17, 15) is 27.7 Å². The molecule has 1 aliphatic heterocycles. The first-order valence-electron chi connectivity index (χ1n) is 8.07. The lowest BCUT2D eigenvalue weighted by atomic mass is 10.1. The van der Waals surface area contributed by atoms with E-state index in [-0.39, 0.29) is 4.90 Å². The van der Waals surface area contributed by atoms with Crippen molar-refractivity contribution >= 4 is 43.8 Å². The molecule has 1 N–H and O–H groups in total. The Hall–Kier alpha value is -3.53. The summed E-state index contributed by atoms with van der Waals surface area (Å²) in [6.45, 7) is -0.599. The summed E-state index contributed by atoms with van der Waals surface area (Å²) in [5, 5.41) is 14.3. The summed E-state index contributed by atoms with van der Waals surface area (Å²) in [5.41, 5.74) is -0.447. The number of nitrogens with one attached hydrogen (secondary N) is 1. The van der Waals surface area contributed by atoms with Crippen molar-refractivity contribution < 1.29 is 22.5 Å². The quantitative estimate of drug-likeness (QED) is 0.534. The largest absolute Gasteiger partial charge is 0.322 e. The fourth-order valence-corrected chi connectivity index (χ4v) is 4.84. The zero-order valence-corrected chi connectivity index (χ0v) is 14.9. The van der Waals surface area contributed by atoms with Crippen LogP contribution in [0, 0.1) is 15.9 Å². The van der Waals surface area contributed by atoms with Gasteiger partial charge in [0.05, 0.1) is 21.2 Å². The Labute approximate surface area is 158 Å². The van der Waals surface area contributed by atoms with Gasteiger partial charge in [-0.15, -0.1) is 0 Å². The van der Waals surface area contributed by atoms with Gasteiger partial charge in [-0.2, -0.15) is 0 Å². The maximum absolute atomic E-state index is 13.9. The van der Waals surface area contributed by atoms with Crippen molar-refractivity contribution in [3.63, 3.8) is 0 Å². The zero-order valence-electron chi connectivity index (χ0n) is 14.1. The van der Waals surface area contributed by atoms with Crippen LogP contribution in [-0.4, -0.2) is 25.8 Å². The fraction of sp³-hybridized carbons (Fsp3) is 0.0556. The monoisotopic (exact) mass is 401 g/mol. The third kappa shape index (κ3) is 2.74. The molecule has 0 spiro atoms. The van der Waals surface area contributed by atoms with Gasteiger partial charge in [0.1, 0.15) is 12.4 Å². The average Bonchev–Trinajstić information content (AvgIpc) is 2.87. The SMILES string of the molecule is O=C(CN1c2cccc3cccc(c23)S1(=O)=O)Nc1cc([N+](=O)[O-])ccc1F. The van der Waals surface area contributed by atoms with Gasteiger partial charge in [0.2, 0.25) is 5.91 Å². The summed E-state index contributed by atoms with van der Waals surface area (Å²) in [6, 6.07) is 12.6. The molecule has 0 radical (unpaired) electrons. The van der Waals surface area contributed by atoms with Crippen molar-refractivity contribution in [2.75, 3.05) is 16.2 Å². The highest BCUT2D eigenvalue weighted by Crippen LogP contribution is 2.41. The third-order valence-electron chi connectivity index (χ3n) is 4.40. The van der Waals surface area contributed by atoms with Crippen molar-refractivity contribution in [3.05, 3.63) is 70.5 Å². The van der Waals surface area contributed by atoms with Gasteiger partial charge in [-0.25, -0.2) is 12.8 Å². The van der Waals surface area contributed by atoms with Gasteiger partial charge in [0.25, 0.3) is 15.7 Å². The molecule has 4 rings (SSSR count). The Kier molecular flexibility index (Phi) is 4.00. The second kappa shape index (κ2) is 6.27. The first-order chi connectivity index (χ1) is 13.3. The second-order valence-electron chi connectivity index (χ2n) is 6.11. The molecule has 0 bridgehead atoms. The maximum atomic E-state index is 13.9. The molecule has 142 valence electrons. The Morgan fingerprint density at radius 2 is 1.86 bits per heavy atom. The van der Waals surface area contributed by atoms with Crippen LogP contribution in [-0.2, 0) is 14.8 Å². The molecule has 0 saturated heterocycles. The predicted molar refractivity (Wildman–Crippen MR) is 100 cm³/mol. The van der Waals surface area contributed by atoms with Gasteiger partial charge in [-0.05, 0) is 23.6 Å². The lowest BCUT2D eigenvalue weighted by molar-refractivity contribution is -0.384. The number of carbonyl (C=O) groups is 1. The van der Waals surface area contributed by atoms with E-state index >= 15 is 0 Å². The number of benzene rings is 3. The van der Waals surface area contributed by atoms with E-state index in [1.165, 1.54) is 6.07 Å². The number of halogens is 1. The second-order valence-corrected chi connectivity index (χ2v) is 7.94. The van der Waals surface area contributed by atoms with Crippen LogP contribution in [0.3, 0.4) is 0 Å². The van der Waals surface area contributed by atoms with Crippen LogP contribution in [0.15, 0.2) is 59.5 Å². The lowest BCUT2D eigenvalue weighted by Crippen LogP contribution is -2.35. The van der Waals surface area contributed by atoms with Crippen LogP contribution in [0.1, 0.15) is 0 Å². The number of carbonyl (C=O) groups excluding carboxylic acids is 1. The lowest BCUT2D eigenvalue weighted by Gasteiger charge is -2.18. The van der Waals surface area contributed by atoms with Gasteiger partial charge >= 0.3 is 0 Å². The van der Waals surface area contributed by atoms with E-state index in [1.807, 2.05) is 0 Å². The number of nitro benzene ring substituents is 1. The number of anilines is 2. The number of nitro groups is 1. The number of amides is 1. The molecule has 0 aromatic heterocycles. The van der Waals surface area contributed by atoms with Gasteiger partial charge in [0, 0.05) is 17.5 Å². The molecule has 1 aliphatic rings. The maximum Gasteiger partial charge on any atom is 0.271 e. The molecule has 0 aliphatic carbocycles. The van der Waals surface area contributed by atoms with Gasteiger partial charge in [-0.3, -0.25) is 19.2 Å². The molecule has 1 amide bonds. The summed E-state index contributed by atoms with van der Waals surface area (Å²) < 4.78 is 40.5. The summed E-state index contributed by atoms with van der Waals surface area (Å²) in [7, 11) is -3.95. The number of non-ortho nitro benzene ring substituents is 1. The smallest absolute Gasteiger partial charge is 0.271 e. The van der Waals surface area contributed by atoms with E-state index in [4.69, 9.17) is 0 Å². The van der Waals surface area contributed by atoms with Gasteiger partial charge in [0.15, 0.2) is 0 Å². The average molecular weight is 401 g/mol. The summed E-state index contributed by atoms with van der Waals surface area (Å²) >= 11 is 0. The van der Waals surface area contributed by atoms with Gasteiger partial charge in [-0.1, -0.05) is 24.3 Å². The van der Waals surface area contributed by atoms with Crippen LogP contribution >= 0.6 is 0 Å². The number of hydrogen-bond donors (Lipinski definition) is 1. The van der Waals surface area contributed by atoms with Crippen LogP contribution in [0.4, 0.5) is 21.5 Å². The van der Waals surface area contributed by atoms with Crippen LogP contribution in [0.5, 0.6) is 0 Å². The molecule has 8 nitrogen and oxygen atoms in total. The van der Waals surface area contributed by atoms with E-state index in [0.717, 1.165) is 22.5 Å². The minimum atomic E-state index is -3.95. The molecule has 0 atom stereocenters. The normalized spacial score (nSPS) is 14.2. The molecular weight excluding hydrogens is 389 g/mol. The summed E-state index contributed by atoms with van der Waals surface area (Å²) in [4.78, 5) is 22.6. The number of hydrogen-bond acceptors (Lipinski definition) is 5. The van der Waals surface area contributed by atoms with Crippen molar-refractivity contribution in [1.29, 1.82) is 0 Å². The van der Waals surface area contributed by atoms with Crippen LogP contribution in [0.2, 0.25) is 0 Å². The molecule has 3 aromatic rings. The Bertz CT molecular complexity index is 1250. The topological polar surface area (TPSA) is 110 Å². The molecule has 1 heterocycles. The fourth-order valence-electron chi connectivity index (χ4n) is 3.17. The molecule has 0 unspecified atom stereocenters. The van der Waals surface area contributed by atoms with Crippen LogP contribution in [0.25, 0.3) is 10.8 Å². The first kappa shape index (κ1) is 17.9. The van der Waals surface area contributed by atoms with Crippen molar-refractivity contribution in [2.24, 2.45) is 0 Å². The standard InChI is InChI=1S/C18H12FN3O5S/c19-13-8-7-12(22(24)25)9-14(13)20-17(23)10-21-15-5-1-3-11-4-2-6-16(18(11)15)28(21,26)27/h1-9H,10H2,(H,20,23). The van der Waals surface area contributed by atoms with E-state index in [1.54, 1.807) is 30.3 Å². The molecule has 3 aromatic carbocycles. The Morgan fingerprint density at radius 1 is 1.14 bits per heavy atom. The highest BCUT2D eigenvalue weighted by molar-refractivity contribution is 7.93. The van der Waals surface area contributed by atoms with E-state index < -0.39 is 44.6 Å². The Morgan fingerprint density at radius 3 is 2.57 bits per heavy atom. The molecule has 28 heavy (non-hydrogen) atoms. The van der Waals surface area contributed by atoms with E-state index in [0.29, 0.717) is 16.5 Å². The zero-order chi connectivity index (χ0) is 20.1. The number of sulfonamides is 1. The number of rotatable bonds is 4. The summed E-state index contributed by atoms with van der Waals surface area (Å²) in [6.07, 6.45) is 0. The first-order valence-corrected chi connectivity index (χ1v) is 9.51. The summed E-state index contributed by atoms with van der Waals surface area (Å²) in [5.74, 6) is -1.69. The Balaban J connectivity index is 1.66. The van der Waals surface area contributed by atoms with Crippen molar-refractivity contribution in [3.8, 4) is 0 Å². The van der Waals surface area contributed by atoms with Crippen LogP contribution < -0.4 is 9.62 Å². The number of nitrogens with zero attached hydrogens (tertiary/aromatic N) is 2. The molecule has 0 saturated carbocycles. The predicted octanol–water partition coefficient (Wildman–Crippen LogP) is 3.03. The molecule has 0 fully saturated rings. The third-order valence-corrected chi connectivity index (χ3v) is 6.21. The molecular formula is C18H12FN3O5S. The van der Waals surface area contributed by atoms with Crippen molar-refractivity contribution in [2.45, 2.75) is 4.90 Å². The van der Waals surface area contributed by atoms with Crippen molar-refractivity contribution in [1.82, 2.24) is 0 Å². The minimum absolute atomic E-state index is 0.0925. The highest BCUT2D eigenvalue weighted by Gasteiger charge is 2.36.